The van der Waals surface area contributed by atoms with Gasteiger partial charge in [0.1, 0.15) is 5.75 Å². The zero-order valence-electron chi connectivity index (χ0n) is 15.3. The van der Waals surface area contributed by atoms with Crippen LogP contribution in [0.4, 0.5) is 0 Å². The van der Waals surface area contributed by atoms with Crippen LogP contribution in [0.2, 0.25) is 0 Å². The number of hydrogen-bond donors (Lipinski definition) is 0. The van der Waals surface area contributed by atoms with Crippen molar-refractivity contribution < 1.29 is 14.3 Å². The van der Waals surface area contributed by atoms with E-state index in [-0.39, 0.29) is 11.7 Å². The molecule has 25 heavy (non-hydrogen) atoms. The molecule has 0 atom stereocenters. The van der Waals surface area contributed by atoms with Crippen LogP contribution in [0.25, 0.3) is 0 Å². The number of ether oxygens (including phenoxy) is 2. The van der Waals surface area contributed by atoms with Gasteiger partial charge in [-0.25, -0.2) is 0 Å². The summed E-state index contributed by atoms with van der Waals surface area (Å²) in [6.07, 6.45) is 2.62. The van der Waals surface area contributed by atoms with E-state index >= 15 is 0 Å². The summed E-state index contributed by atoms with van der Waals surface area (Å²) in [6.45, 7) is 7.64. The Kier molecular flexibility index (Phi) is 6.84. The maximum Gasteiger partial charge on any atom is 0.169 e. The molecule has 2 heterocycles. The minimum Gasteiger partial charge on any atom is -0.493 e. The lowest BCUT2D eigenvalue weighted by Gasteiger charge is -2.32. The van der Waals surface area contributed by atoms with Gasteiger partial charge in [-0.15, -0.1) is 0 Å². The average molecular weight is 346 g/mol. The maximum atomic E-state index is 12.8. The number of rotatable bonds is 7. The van der Waals surface area contributed by atoms with Crippen molar-refractivity contribution >= 4 is 5.78 Å². The van der Waals surface area contributed by atoms with Crippen molar-refractivity contribution in [3.8, 4) is 5.75 Å². The molecule has 0 spiro atoms. The molecule has 1 aromatic carbocycles. The second-order valence-electron chi connectivity index (χ2n) is 7.09. The molecular formula is C20H30N2O3. The number of hydrogen-bond acceptors (Lipinski definition) is 5. The molecule has 2 fully saturated rings. The molecule has 2 aliphatic heterocycles. The zero-order valence-corrected chi connectivity index (χ0v) is 15.3. The normalized spacial score (nSPS) is 20.5. The van der Waals surface area contributed by atoms with Gasteiger partial charge in [0.25, 0.3) is 0 Å². The summed E-state index contributed by atoms with van der Waals surface area (Å²) >= 11 is 0. The standard InChI is InChI=1S/C20H30N2O3/c1-21-10-12-22(13-11-21)9-4-14-25-19-6-3-2-5-18(19)20(23)17-7-15-24-16-8-17/h2-3,5-6,17H,4,7-16H2,1H3. The molecule has 0 saturated carbocycles. The summed E-state index contributed by atoms with van der Waals surface area (Å²) in [5.74, 6) is 1.01. The molecule has 0 N–H and O–H groups in total. The number of carbonyl (C=O) groups is 1. The first-order valence-corrected chi connectivity index (χ1v) is 9.49. The monoisotopic (exact) mass is 346 g/mol. The summed E-state index contributed by atoms with van der Waals surface area (Å²) < 4.78 is 11.3. The molecule has 3 rings (SSSR count). The van der Waals surface area contributed by atoms with E-state index in [1.54, 1.807) is 0 Å². The molecule has 0 bridgehead atoms. The molecule has 0 aromatic heterocycles. The third-order valence-corrected chi connectivity index (χ3v) is 5.22. The van der Waals surface area contributed by atoms with Crippen molar-refractivity contribution in [1.29, 1.82) is 0 Å². The van der Waals surface area contributed by atoms with Crippen molar-refractivity contribution in [2.24, 2.45) is 5.92 Å². The number of piperazine rings is 1. The number of Topliss-reactive ketones (excluding diaryl/α,β-unsaturated/α-hetero) is 1. The number of para-hydroxylation sites is 1. The Morgan fingerprint density at radius 3 is 2.64 bits per heavy atom. The van der Waals surface area contributed by atoms with Crippen molar-refractivity contribution in [1.82, 2.24) is 9.80 Å². The number of benzene rings is 1. The zero-order chi connectivity index (χ0) is 17.5. The molecule has 2 aliphatic rings. The third kappa shape index (κ3) is 5.27. The van der Waals surface area contributed by atoms with Gasteiger partial charge in [-0.2, -0.15) is 0 Å². The highest BCUT2D eigenvalue weighted by Crippen LogP contribution is 2.26. The molecule has 1 aromatic rings. The van der Waals surface area contributed by atoms with Gasteiger partial charge in [0.2, 0.25) is 0 Å². The fourth-order valence-corrected chi connectivity index (χ4v) is 3.52. The maximum absolute atomic E-state index is 12.8. The quantitative estimate of drug-likeness (QED) is 0.560. The molecule has 0 aliphatic carbocycles. The SMILES string of the molecule is CN1CCN(CCCOc2ccccc2C(=O)C2CCOCC2)CC1. The third-order valence-electron chi connectivity index (χ3n) is 5.22. The highest BCUT2D eigenvalue weighted by Gasteiger charge is 2.25. The predicted molar refractivity (Wildman–Crippen MR) is 98.4 cm³/mol. The van der Waals surface area contributed by atoms with Gasteiger partial charge in [0.15, 0.2) is 5.78 Å². The molecule has 0 unspecified atom stereocenters. The summed E-state index contributed by atoms with van der Waals surface area (Å²) in [5.41, 5.74) is 0.731. The fourth-order valence-electron chi connectivity index (χ4n) is 3.52. The van der Waals surface area contributed by atoms with Gasteiger partial charge in [0.05, 0.1) is 12.2 Å². The van der Waals surface area contributed by atoms with Gasteiger partial charge in [0, 0.05) is 51.9 Å². The lowest BCUT2D eigenvalue weighted by Crippen LogP contribution is -2.44. The Labute approximate surface area is 150 Å². The van der Waals surface area contributed by atoms with Crippen LogP contribution >= 0.6 is 0 Å². The van der Waals surface area contributed by atoms with E-state index in [1.807, 2.05) is 24.3 Å². The molecule has 5 heteroatoms. The lowest BCUT2D eigenvalue weighted by molar-refractivity contribution is 0.0542. The Morgan fingerprint density at radius 2 is 1.88 bits per heavy atom. The van der Waals surface area contributed by atoms with Gasteiger partial charge in [-0.3, -0.25) is 4.79 Å². The van der Waals surface area contributed by atoms with E-state index in [4.69, 9.17) is 9.47 Å². The summed E-state index contributed by atoms with van der Waals surface area (Å²) in [4.78, 5) is 17.6. The molecule has 0 radical (unpaired) electrons. The Balaban J connectivity index is 1.48. The topological polar surface area (TPSA) is 42.0 Å². The molecule has 5 nitrogen and oxygen atoms in total. The summed E-state index contributed by atoms with van der Waals surface area (Å²) in [5, 5.41) is 0. The minimum absolute atomic E-state index is 0.0730. The van der Waals surface area contributed by atoms with Crippen LogP contribution in [-0.4, -0.2) is 75.2 Å². The molecule has 2 saturated heterocycles. The van der Waals surface area contributed by atoms with Crippen LogP contribution in [0.15, 0.2) is 24.3 Å². The number of carbonyl (C=O) groups excluding carboxylic acids is 1. The van der Waals surface area contributed by atoms with Crippen LogP contribution in [0.3, 0.4) is 0 Å². The van der Waals surface area contributed by atoms with Crippen molar-refractivity contribution in [2.75, 3.05) is 59.6 Å². The van der Waals surface area contributed by atoms with Crippen LogP contribution < -0.4 is 4.74 Å². The highest BCUT2D eigenvalue weighted by atomic mass is 16.5. The first kappa shape index (κ1) is 18.4. The Bertz CT molecular complexity index is 550. The lowest BCUT2D eigenvalue weighted by atomic mass is 9.90. The predicted octanol–water partition coefficient (Wildman–Crippen LogP) is 2.31. The van der Waals surface area contributed by atoms with E-state index in [9.17, 15) is 4.79 Å². The van der Waals surface area contributed by atoms with Crippen LogP contribution in [0.5, 0.6) is 5.75 Å². The average Bonchev–Trinajstić information content (AvgIpc) is 2.67. The van der Waals surface area contributed by atoms with Crippen molar-refractivity contribution in [2.45, 2.75) is 19.3 Å². The van der Waals surface area contributed by atoms with Gasteiger partial charge >= 0.3 is 0 Å². The van der Waals surface area contributed by atoms with Gasteiger partial charge < -0.3 is 19.3 Å². The first-order valence-electron chi connectivity index (χ1n) is 9.49. The number of likely N-dealkylation sites (N-methyl/N-ethyl adjacent to an activating group) is 1. The summed E-state index contributed by atoms with van der Waals surface area (Å²) in [7, 11) is 2.17. The van der Waals surface area contributed by atoms with Gasteiger partial charge in [-0.05, 0) is 38.4 Å². The Morgan fingerprint density at radius 1 is 1.16 bits per heavy atom. The fraction of sp³-hybridized carbons (Fsp3) is 0.650. The second kappa shape index (κ2) is 9.32. The first-order chi connectivity index (χ1) is 12.2. The van der Waals surface area contributed by atoms with Crippen LogP contribution in [-0.2, 0) is 4.74 Å². The van der Waals surface area contributed by atoms with Gasteiger partial charge in [-0.1, -0.05) is 12.1 Å². The molecule has 138 valence electrons. The van der Waals surface area contributed by atoms with Crippen LogP contribution in [0, 0.1) is 5.92 Å². The van der Waals surface area contributed by atoms with Crippen molar-refractivity contribution in [3.63, 3.8) is 0 Å². The second-order valence-corrected chi connectivity index (χ2v) is 7.09. The highest BCUT2D eigenvalue weighted by molar-refractivity contribution is 6.00. The van der Waals surface area contributed by atoms with E-state index in [1.165, 1.54) is 0 Å². The molecular weight excluding hydrogens is 316 g/mol. The Hall–Kier alpha value is -1.43. The number of ketones is 1. The smallest absolute Gasteiger partial charge is 0.169 e. The van der Waals surface area contributed by atoms with Crippen molar-refractivity contribution in [3.05, 3.63) is 29.8 Å². The van der Waals surface area contributed by atoms with E-state index < -0.39 is 0 Å². The molecule has 0 amide bonds. The number of nitrogens with zero attached hydrogens (tertiary/aromatic N) is 2. The minimum atomic E-state index is 0.0730. The summed E-state index contributed by atoms with van der Waals surface area (Å²) in [6, 6.07) is 7.68. The van der Waals surface area contributed by atoms with Crippen LogP contribution in [0.1, 0.15) is 29.6 Å². The van der Waals surface area contributed by atoms with E-state index in [2.05, 4.69) is 16.8 Å². The van der Waals surface area contributed by atoms with E-state index in [0.29, 0.717) is 19.8 Å². The van der Waals surface area contributed by atoms with E-state index in [0.717, 1.165) is 63.3 Å². The largest absolute Gasteiger partial charge is 0.493 e.